The van der Waals surface area contributed by atoms with Gasteiger partial charge in [0.25, 0.3) is 0 Å². The molecule has 1 amide bonds. The summed E-state index contributed by atoms with van der Waals surface area (Å²) in [5, 5.41) is 10.5. The number of nitrogens with one attached hydrogen (secondary N) is 2. The molecule has 0 unspecified atom stereocenters. The van der Waals surface area contributed by atoms with Crippen molar-refractivity contribution < 1.29 is 4.79 Å². The predicted molar refractivity (Wildman–Crippen MR) is 83.2 cm³/mol. The molecule has 0 saturated carbocycles. The Labute approximate surface area is 125 Å². The number of hydrogen-bond donors (Lipinski definition) is 2. The molecule has 0 aliphatic heterocycles. The Hall–Kier alpha value is -2.14. The minimum Gasteiger partial charge on any atom is -0.354 e. The van der Waals surface area contributed by atoms with Crippen molar-refractivity contribution in [2.75, 3.05) is 6.54 Å². The van der Waals surface area contributed by atoms with Crippen LogP contribution < -0.4 is 10.6 Å². The number of nitrogens with zero attached hydrogens (tertiary/aromatic N) is 2. The largest absolute Gasteiger partial charge is 0.354 e. The van der Waals surface area contributed by atoms with Gasteiger partial charge in [0.15, 0.2) is 0 Å². The molecular formula is C16H22N4O. The number of benzene rings is 1. The molecule has 0 aliphatic rings. The highest BCUT2D eigenvalue weighted by molar-refractivity contribution is 5.76. The summed E-state index contributed by atoms with van der Waals surface area (Å²) < 4.78 is 1.85. The molecule has 1 aromatic carbocycles. The maximum Gasteiger partial charge on any atom is 0.221 e. The summed E-state index contributed by atoms with van der Waals surface area (Å²) in [6, 6.07) is 10.2. The molecule has 2 aromatic rings. The van der Waals surface area contributed by atoms with Gasteiger partial charge in [-0.2, -0.15) is 5.10 Å². The van der Waals surface area contributed by atoms with Crippen molar-refractivity contribution in [1.82, 2.24) is 20.4 Å². The van der Waals surface area contributed by atoms with E-state index in [0.29, 0.717) is 19.5 Å². The second kappa shape index (κ2) is 7.59. The standard InChI is InChI=1S/C16H22N4O/c1-13(2)19-16(21)8-9-17-10-14-11-18-20(12-14)15-6-4-3-5-7-15/h3-7,11-13,17H,8-10H2,1-2H3,(H,19,21). The van der Waals surface area contributed by atoms with Crippen LogP contribution in [-0.4, -0.2) is 28.3 Å². The SMILES string of the molecule is CC(C)NC(=O)CCNCc1cnn(-c2ccccc2)c1. The highest BCUT2D eigenvalue weighted by Gasteiger charge is 2.03. The molecular weight excluding hydrogens is 264 g/mol. The zero-order valence-corrected chi connectivity index (χ0v) is 12.5. The van der Waals surface area contributed by atoms with Crippen LogP contribution in [0.5, 0.6) is 0 Å². The summed E-state index contributed by atoms with van der Waals surface area (Å²) in [6.45, 7) is 5.30. The lowest BCUT2D eigenvalue weighted by molar-refractivity contribution is -0.121. The van der Waals surface area contributed by atoms with E-state index in [9.17, 15) is 4.79 Å². The van der Waals surface area contributed by atoms with Crippen LogP contribution in [0, 0.1) is 0 Å². The van der Waals surface area contributed by atoms with Crippen LogP contribution in [0.4, 0.5) is 0 Å². The molecule has 5 nitrogen and oxygen atoms in total. The summed E-state index contributed by atoms with van der Waals surface area (Å²) in [4.78, 5) is 11.5. The first kappa shape index (κ1) is 15.3. The molecule has 2 N–H and O–H groups in total. The lowest BCUT2D eigenvalue weighted by atomic mass is 10.3. The van der Waals surface area contributed by atoms with Gasteiger partial charge in [-0.1, -0.05) is 18.2 Å². The highest BCUT2D eigenvalue weighted by Crippen LogP contribution is 2.07. The van der Waals surface area contributed by atoms with E-state index in [2.05, 4.69) is 15.7 Å². The van der Waals surface area contributed by atoms with E-state index in [1.807, 2.05) is 61.3 Å². The average molecular weight is 286 g/mol. The second-order valence-corrected chi connectivity index (χ2v) is 5.28. The van der Waals surface area contributed by atoms with Gasteiger partial charge >= 0.3 is 0 Å². The number of rotatable bonds is 7. The van der Waals surface area contributed by atoms with E-state index in [0.717, 1.165) is 11.3 Å². The van der Waals surface area contributed by atoms with Crippen LogP contribution in [0.3, 0.4) is 0 Å². The van der Waals surface area contributed by atoms with Crippen molar-refractivity contribution in [3.8, 4) is 5.69 Å². The lowest BCUT2D eigenvalue weighted by Gasteiger charge is -2.08. The van der Waals surface area contributed by atoms with E-state index in [4.69, 9.17) is 0 Å². The molecule has 0 spiro atoms. The van der Waals surface area contributed by atoms with Crippen molar-refractivity contribution in [2.45, 2.75) is 32.9 Å². The van der Waals surface area contributed by atoms with Gasteiger partial charge in [0.1, 0.15) is 0 Å². The number of amides is 1. The molecule has 21 heavy (non-hydrogen) atoms. The molecule has 5 heteroatoms. The van der Waals surface area contributed by atoms with Gasteiger partial charge in [-0.05, 0) is 26.0 Å². The van der Waals surface area contributed by atoms with Crippen LogP contribution in [0.15, 0.2) is 42.7 Å². The third kappa shape index (κ3) is 5.04. The molecule has 0 radical (unpaired) electrons. The number of carbonyl (C=O) groups excluding carboxylic acids is 1. The Balaban J connectivity index is 1.75. The minimum absolute atomic E-state index is 0.0810. The monoisotopic (exact) mass is 286 g/mol. The van der Waals surface area contributed by atoms with Crippen LogP contribution in [0.1, 0.15) is 25.8 Å². The quantitative estimate of drug-likeness (QED) is 0.764. The van der Waals surface area contributed by atoms with E-state index >= 15 is 0 Å². The second-order valence-electron chi connectivity index (χ2n) is 5.28. The lowest BCUT2D eigenvalue weighted by Crippen LogP contribution is -2.32. The molecule has 1 heterocycles. The van der Waals surface area contributed by atoms with Crippen molar-refractivity contribution in [3.63, 3.8) is 0 Å². The smallest absolute Gasteiger partial charge is 0.221 e. The molecule has 0 atom stereocenters. The number of aromatic nitrogens is 2. The maximum atomic E-state index is 11.5. The highest BCUT2D eigenvalue weighted by atomic mass is 16.1. The summed E-state index contributed by atoms with van der Waals surface area (Å²) in [5.41, 5.74) is 2.14. The molecule has 112 valence electrons. The Morgan fingerprint density at radius 3 is 2.76 bits per heavy atom. The van der Waals surface area contributed by atoms with Crippen molar-refractivity contribution >= 4 is 5.91 Å². The Morgan fingerprint density at radius 1 is 1.29 bits per heavy atom. The van der Waals surface area contributed by atoms with Gasteiger partial charge in [0.05, 0.1) is 11.9 Å². The third-order valence-electron chi connectivity index (χ3n) is 2.96. The average Bonchev–Trinajstić information content (AvgIpc) is 2.93. The van der Waals surface area contributed by atoms with Gasteiger partial charge in [0.2, 0.25) is 5.91 Å². The van der Waals surface area contributed by atoms with E-state index < -0.39 is 0 Å². The number of carbonyl (C=O) groups is 1. The Kier molecular flexibility index (Phi) is 5.51. The Bertz CT molecular complexity index is 563. The van der Waals surface area contributed by atoms with Crippen molar-refractivity contribution in [3.05, 3.63) is 48.3 Å². The van der Waals surface area contributed by atoms with Crippen LogP contribution in [0.2, 0.25) is 0 Å². The van der Waals surface area contributed by atoms with Crippen LogP contribution >= 0.6 is 0 Å². The molecule has 0 saturated heterocycles. The first-order valence-corrected chi connectivity index (χ1v) is 7.24. The fraction of sp³-hybridized carbons (Fsp3) is 0.375. The molecule has 1 aromatic heterocycles. The topological polar surface area (TPSA) is 59.0 Å². The summed E-state index contributed by atoms with van der Waals surface area (Å²) in [7, 11) is 0. The molecule has 0 fully saturated rings. The first-order chi connectivity index (χ1) is 10.1. The molecule has 0 bridgehead atoms. The number of hydrogen-bond acceptors (Lipinski definition) is 3. The summed E-state index contributed by atoms with van der Waals surface area (Å²) >= 11 is 0. The zero-order valence-electron chi connectivity index (χ0n) is 12.5. The first-order valence-electron chi connectivity index (χ1n) is 7.24. The summed E-state index contributed by atoms with van der Waals surface area (Å²) in [6.07, 6.45) is 4.33. The van der Waals surface area contributed by atoms with Crippen molar-refractivity contribution in [1.29, 1.82) is 0 Å². The molecule has 2 rings (SSSR count). The van der Waals surface area contributed by atoms with Crippen molar-refractivity contribution in [2.24, 2.45) is 0 Å². The number of para-hydroxylation sites is 1. The normalized spacial score (nSPS) is 10.8. The van der Waals surface area contributed by atoms with Gasteiger partial charge in [0, 0.05) is 37.3 Å². The van der Waals surface area contributed by atoms with Gasteiger partial charge in [-0.3, -0.25) is 4.79 Å². The van der Waals surface area contributed by atoms with Gasteiger partial charge < -0.3 is 10.6 Å². The van der Waals surface area contributed by atoms with Gasteiger partial charge in [-0.25, -0.2) is 4.68 Å². The van der Waals surface area contributed by atoms with Gasteiger partial charge in [-0.15, -0.1) is 0 Å². The fourth-order valence-electron chi connectivity index (χ4n) is 2.00. The third-order valence-corrected chi connectivity index (χ3v) is 2.96. The van der Waals surface area contributed by atoms with Crippen LogP contribution in [-0.2, 0) is 11.3 Å². The fourth-order valence-corrected chi connectivity index (χ4v) is 2.00. The zero-order chi connectivity index (χ0) is 15.1. The Morgan fingerprint density at radius 2 is 2.05 bits per heavy atom. The maximum absolute atomic E-state index is 11.5. The predicted octanol–water partition coefficient (Wildman–Crippen LogP) is 1.88. The van der Waals surface area contributed by atoms with E-state index in [1.165, 1.54) is 0 Å². The van der Waals surface area contributed by atoms with E-state index in [-0.39, 0.29) is 11.9 Å². The van der Waals surface area contributed by atoms with E-state index in [1.54, 1.807) is 0 Å². The van der Waals surface area contributed by atoms with Crippen LogP contribution in [0.25, 0.3) is 5.69 Å². The minimum atomic E-state index is 0.0810. The molecule has 0 aliphatic carbocycles. The summed E-state index contributed by atoms with van der Waals surface area (Å²) in [5.74, 6) is 0.0810.